The summed E-state index contributed by atoms with van der Waals surface area (Å²) in [6.07, 6.45) is 0. The maximum absolute atomic E-state index is 11.4. The Bertz CT molecular complexity index is 414. The highest BCUT2D eigenvalue weighted by atomic mass is 79.9. The number of Topliss-reactive ketones (excluding diaryl/α,β-unsaturated/α-hetero) is 1. The molecule has 0 saturated carbocycles. The molecule has 0 aromatic heterocycles. The van der Waals surface area contributed by atoms with E-state index in [2.05, 4.69) is 22.5 Å². The molecule has 4 nitrogen and oxygen atoms in total. The third-order valence-corrected chi connectivity index (χ3v) is 1.95. The van der Waals surface area contributed by atoms with Crippen LogP contribution in [0.15, 0.2) is 35.3 Å². The Morgan fingerprint density at radius 3 is 2.50 bits per heavy atom. The van der Waals surface area contributed by atoms with Crippen LogP contribution in [-0.4, -0.2) is 10.7 Å². The first kappa shape index (κ1) is 10.6. The molecular weight excluding hydrogens is 250 g/mol. The van der Waals surface area contributed by atoms with Crippen molar-refractivity contribution in [1.29, 1.82) is 0 Å². The summed E-state index contributed by atoms with van der Waals surface area (Å²) in [5, 5.41) is 10.6. The Kier molecular flexibility index (Phi) is 3.14. The molecule has 0 aliphatic carbocycles. The van der Waals surface area contributed by atoms with E-state index in [1.807, 2.05) is 0 Å². The third kappa shape index (κ3) is 2.05. The second-order valence-corrected chi connectivity index (χ2v) is 3.47. The van der Waals surface area contributed by atoms with Gasteiger partial charge in [-0.2, -0.15) is 0 Å². The molecule has 0 unspecified atom stereocenters. The average Bonchev–Trinajstić information content (AvgIpc) is 2.16. The third-order valence-electron chi connectivity index (χ3n) is 1.59. The summed E-state index contributed by atoms with van der Waals surface area (Å²) in [6.45, 7) is 3.38. The first-order chi connectivity index (χ1) is 6.54. The van der Waals surface area contributed by atoms with Gasteiger partial charge in [0.15, 0.2) is 0 Å². The highest BCUT2D eigenvalue weighted by Gasteiger charge is 2.19. The molecule has 0 aliphatic rings. The average molecular weight is 256 g/mol. The summed E-state index contributed by atoms with van der Waals surface area (Å²) < 4.78 is 0.104. The van der Waals surface area contributed by atoms with Crippen LogP contribution in [0.1, 0.15) is 10.4 Å². The number of allylic oxidation sites excluding steroid dienone is 1. The molecule has 0 amide bonds. The van der Waals surface area contributed by atoms with Gasteiger partial charge in [-0.3, -0.25) is 14.9 Å². The van der Waals surface area contributed by atoms with Crippen molar-refractivity contribution in [1.82, 2.24) is 0 Å². The Morgan fingerprint density at radius 1 is 1.43 bits per heavy atom. The fraction of sp³-hybridized carbons (Fsp3) is 0. The minimum absolute atomic E-state index is 0.0411. The molecule has 1 aromatic carbocycles. The zero-order chi connectivity index (χ0) is 10.7. The Hall–Kier alpha value is -1.49. The zero-order valence-corrected chi connectivity index (χ0v) is 8.65. The maximum Gasteiger partial charge on any atom is 0.280 e. The number of para-hydroxylation sites is 1. The fourth-order valence-corrected chi connectivity index (χ4v) is 1.18. The number of rotatable bonds is 3. The van der Waals surface area contributed by atoms with Crippen LogP contribution in [-0.2, 0) is 0 Å². The van der Waals surface area contributed by atoms with Crippen LogP contribution in [0.3, 0.4) is 0 Å². The number of hydrogen-bond acceptors (Lipinski definition) is 3. The highest BCUT2D eigenvalue weighted by Crippen LogP contribution is 2.22. The van der Waals surface area contributed by atoms with Crippen molar-refractivity contribution < 1.29 is 9.72 Å². The number of carbonyl (C=O) groups is 1. The smallest absolute Gasteiger partial charge is 0.280 e. The quantitative estimate of drug-likeness (QED) is 0.361. The van der Waals surface area contributed by atoms with Crippen molar-refractivity contribution in [2.45, 2.75) is 0 Å². The number of benzene rings is 1. The molecule has 0 fully saturated rings. The van der Waals surface area contributed by atoms with Crippen LogP contribution < -0.4 is 0 Å². The summed E-state index contributed by atoms with van der Waals surface area (Å²) >= 11 is 2.89. The second kappa shape index (κ2) is 4.15. The molecule has 5 heteroatoms. The SMILES string of the molecule is C=C(Br)C(=O)c1ccccc1[N+](=O)[O-]. The molecular formula is C9H6BrNO3. The largest absolute Gasteiger partial charge is 0.288 e. The first-order valence-electron chi connectivity index (χ1n) is 3.66. The summed E-state index contributed by atoms with van der Waals surface area (Å²) in [6, 6.07) is 5.75. The monoisotopic (exact) mass is 255 g/mol. The maximum atomic E-state index is 11.4. The van der Waals surface area contributed by atoms with E-state index in [9.17, 15) is 14.9 Å². The number of nitrogens with zero attached hydrogens (tertiary/aromatic N) is 1. The standard InChI is InChI=1S/C9H6BrNO3/c1-6(10)9(12)7-4-2-3-5-8(7)11(13)14/h2-5H,1H2. The lowest BCUT2D eigenvalue weighted by atomic mass is 10.1. The molecule has 1 rings (SSSR count). The van der Waals surface area contributed by atoms with Gasteiger partial charge in [0.05, 0.1) is 9.41 Å². The Labute approximate surface area is 88.5 Å². The van der Waals surface area contributed by atoms with Gasteiger partial charge in [-0.15, -0.1) is 0 Å². The van der Waals surface area contributed by atoms with Crippen LogP contribution in [0.5, 0.6) is 0 Å². The second-order valence-electron chi connectivity index (χ2n) is 2.51. The summed E-state index contributed by atoms with van der Waals surface area (Å²) in [7, 11) is 0. The zero-order valence-electron chi connectivity index (χ0n) is 7.07. The number of hydrogen-bond donors (Lipinski definition) is 0. The number of nitro groups is 1. The predicted molar refractivity (Wildman–Crippen MR) is 55.5 cm³/mol. The van der Waals surface area contributed by atoms with Gasteiger partial charge in [0, 0.05) is 6.07 Å². The number of ketones is 1. The predicted octanol–water partition coefficient (Wildman–Crippen LogP) is 2.69. The molecule has 14 heavy (non-hydrogen) atoms. The number of nitro benzene ring substituents is 1. The van der Waals surface area contributed by atoms with Crippen LogP contribution in [0.4, 0.5) is 5.69 Å². The van der Waals surface area contributed by atoms with E-state index < -0.39 is 10.7 Å². The molecule has 0 radical (unpaired) electrons. The molecule has 0 bridgehead atoms. The van der Waals surface area contributed by atoms with Crippen LogP contribution in [0, 0.1) is 10.1 Å². The first-order valence-corrected chi connectivity index (χ1v) is 4.46. The van der Waals surface area contributed by atoms with E-state index in [1.54, 1.807) is 6.07 Å². The molecule has 0 heterocycles. The lowest BCUT2D eigenvalue weighted by molar-refractivity contribution is -0.385. The van der Waals surface area contributed by atoms with Crippen molar-refractivity contribution >= 4 is 27.4 Å². The lowest BCUT2D eigenvalue weighted by Crippen LogP contribution is -2.02. The molecule has 0 saturated heterocycles. The van der Waals surface area contributed by atoms with E-state index in [1.165, 1.54) is 18.2 Å². The summed E-state index contributed by atoms with van der Waals surface area (Å²) in [5.41, 5.74) is -0.169. The van der Waals surface area contributed by atoms with Crippen molar-refractivity contribution in [3.8, 4) is 0 Å². The molecule has 1 aromatic rings. The molecule has 0 aliphatic heterocycles. The van der Waals surface area contributed by atoms with Gasteiger partial charge in [0.25, 0.3) is 5.69 Å². The minimum Gasteiger partial charge on any atom is -0.288 e. The summed E-state index contributed by atoms with van der Waals surface area (Å²) in [4.78, 5) is 21.4. The van der Waals surface area contributed by atoms with Crippen LogP contribution >= 0.6 is 15.9 Å². The van der Waals surface area contributed by atoms with E-state index in [-0.39, 0.29) is 15.7 Å². The van der Waals surface area contributed by atoms with Crippen LogP contribution in [0.25, 0.3) is 0 Å². The topological polar surface area (TPSA) is 60.2 Å². The van der Waals surface area contributed by atoms with Gasteiger partial charge < -0.3 is 0 Å². The molecule has 0 atom stereocenters. The normalized spacial score (nSPS) is 9.50. The Balaban J connectivity index is 3.27. The van der Waals surface area contributed by atoms with E-state index in [0.29, 0.717) is 0 Å². The summed E-state index contributed by atoms with van der Waals surface area (Å²) in [5.74, 6) is -0.475. The van der Waals surface area contributed by atoms with Gasteiger partial charge in [-0.1, -0.05) is 18.7 Å². The van der Waals surface area contributed by atoms with Crippen molar-refractivity contribution in [2.75, 3.05) is 0 Å². The molecule has 72 valence electrons. The van der Waals surface area contributed by atoms with E-state index in [4.69, 9.17) is 0 Å². The van der Waals surface area contributed by atoms with Gasteiger partial charge in [-0.05, 0) is 22.0 Å². The highest BCUT2D eigenvalue weighted by molar-refractivity contribution is 9.12. The van der Waals surface area contributed by atoms with E-state index in [0.717, 1.165) is 0 Å². The lowest BCUT2D eigenvalue weighted by Gasteiger charge is -1.99. The number of halogens is 1. The van der Waals surface area contributed by atoms with Crippen LogP contribution in [0.2, 0.25) is 0 Å². The van der Waals surface area contributed by atoms with E-state index >= 15 is 0 Å². The van der Waals surface area contributed by atoms with Gasteiger partial charge in [0.2, 0.25) is 5.78 Å². The van der Waals surface area contributed by atoms with Gasteiger partial charge in [-0.25, -0.2) is 0 Å². The van der Waals surface area contributed by atoms with Gasteiger partial charge >= 0.3 is 0 Å². The Morgan fingerprint density at radius 2 is 2.00 bits per heavy atom. The molecule has 0 spiro atoms. The van der Waals surface area contributed by atoms with Gasteiger partial charge in [0.1, 0.15) is 5.56 Å². The van der Waals surface area contributed by atoms with Crippen molar-refractivity contribution in [2.24, 2.45) is 0 Å². The van der Waals surface area contributed by atoms with Crippen molar-refractivity contribution in [3.05, 3.63) is 51.0 Å². The molecule has 0 N–H and O–H groups in total. The fourth-order valence-electron chi connectivity index (χ4n) is 0.971. The van der Waals surface area contributed by atoms with Crippen molar-refractivity contribution in [3.63, 3.8) is 0 Å². The minimum atomic E-state index is -0.594. The number of carbonyl (C=O) groups excluding carboxylic acids is 1.